The summed E-state index contributed by atoms with van der Waals surface area (Å²) in [5.41, 5.74) is 0.297. The molecule has 3 aliphatic heterocycles. The fraction of sp³-hybridized carbons (Fsp3) is 0.472. The van der Waals surface area contributed by atoms with Crippen LogP contribution in [0.4, 0.5) is 0 Å². The Morgan fingerprint density at radius 3 is 2.43 bits per heavy atom. The van der Waals surface area contributed by atoms with E-state index in [1.54, 1.807) is 26.6 Å². The summed E-state index contributed by atoms with van der Waals surface area (Å²) in [6.07, 6.45) is 5.27. The molecule has 3 aliphatic rings. The predicted octanol–water partition coefficient (Wildman–Crippen LogP) is 3.54. The number of hydrogen-bond acceptors (Lipinski definition) is 7. The molecule has 47 heavy (non-hydrogen) atoms. The Kier molecular flexibility index (Phi) is 9.04. The van der Waals surface area contributed by atoms with Crippen LogP contribution in [-0.2, 0) is 32.3 Å². The summed E-state index contributed by atoms with van der Waals surface area (Å²) in [5, 5.41) is 19.1. The molecule has 1 N–H and O–H groups in total. The van der Waals surface area contributed by atoms with Crippen LogP contribution in [0, 0.1) is 11.8 Å². The molecule has 0 saturated carbocycles. The maximum absolute atomic E-state index is 14.9. The second-order valence-corrected chi connectivity index (χ2v) is 12.9. The first kappa shape index (κ1) is 32.6. The summed E-state index contributed by atoms with van der Waals surface area (Å²) < 4.78 is 8.67. The summed E-state index contributed by atoms with van der Waals surface area (Å²) in [6.45, 7) is 12.3. The fourth-order valence-corrected chi connectivity index (χ4v) is 8.24. The van der Waals surface area contributed by atoms with Crippen LogP contribution in [0.3, 0.4) is 0 Å². The Morgan fingerprint density at radius 2 is 1.74 bits per heavy atom. The largest absolute Gasteiger partial charge is 0.394 e. The summed E-state index contributed by atoms with van der Waals surface area (Å²) in [5.74, 6) is -2.50. The highest BCUT2D eigenvalue weighted by molar-refractivity contribution is 5.99. The summed E-state index contributed by atoms with van der Waals surface area (Å²) in [6, 6.07) is 15.6. The lowest BCUT2D eigenvalue weighted by molar-refractivity contribution is -0.159. The van der Waals surface area contributed by atoms with Gasteiger partial charge in [-0.3, -0.25) is 14.4 Å². The number of para-hydroxylation sites is 1. The molecular weight excluding hydrogens is 596 g/mol. The van der Waals surface area contributed by atoms with Gasteiger partial charge in [0.2, 0.25) is 17.7 Å². The third-order valence-electron chi connectivity index (χ3n) is 10.5. The first-order valence-electron chi connectivity index (χ1n) is 16.5. The van der Waals surface area contributed by atoms with Gasteiger partial charge in [-0.25, -0.2) is 4.68 Å². The number of benzene rings is 2. The number of amides is 3. The number of hydrogen-bond donors (Lipinski definition) is 1. The van der Waals surface area contributed by atoms with Crippen molar-refractivity contribution in [2.45, 2.75) is 76.0 Å². The molecule has 6 atom stereocenters. The summed E-state index contributed by atoms with van der Waals surface area (Å²) in [4.78, 5) is 49.2. The van der Waals surface area contributed by atoms with Crippen LogP contribution in [0.5, 0.6) is 0 Å². The summed E-state index contributed by atoms with van der Waals surface area (Å²) in [7, 11) is 0. The van der Waals surface area contributed by atoms with Crippen LogP contribution in [0.1, 0.15) is 45.1 Å². The number of likely N-dealkylation sites (tertiary alicyclic amines) is 1. The first-order chi connectivity index (χ1) is 22.8. The fourth-order valence-electron chi connectivity index (χ4n) is 8.24. The highest BCUT2D eigenvalue weighted by Gasteiger charge is 2.79. The van der Waals surface area contributed by atoms with Gasteiger partial charge in [0.05, 0.1) is 35.6 Å². The minimum Gasteiger partial charge on any atom is -0.394 e. The molecule has 0 radical (unpaired) electrons. The van der Waals surface area contributed by atoms with E-state index in [-0.39, 0.29) is 37.5 Å². The maximum atomic E-state index is 14.9. The highest BCUT2D eigenvalue weighted by atomic mass is 16.5. The van der Waals surface area contributed by atoms with Gasteiger partial charge in [-0.1, -0.05) is 73.7 Å². The Hall–Kier alpha value is -4.35. The number of carbonyl (C=O) groups is 3. The van der Waals surface area contributed by atoms with Gasteiger partial charge < -0.3 is 24.5 Å². The van der Waals surface area contributed by atoms with E-state index in [1.165, 1.54) is 4.90 Å². The molecule has 3 aromatic rings. The molecule has 11 heteroatoms. The smallest absolute Gasteiger partial charge is 0.250 e. The van der Waals surface area contributed by atoms with Crippen LogP contribution in [0.25, 0.3) is 11.0 Å². The van der Waals surface area contributed by atoms with Crippen molar-refractivity contribution in [3.8, 4) is 0 Å². The Bertz CT molecular complexity index is 1660. The average molecular weight is 641 g/mol. The van der Waals surface area contributed by atoms with E-state index in [9.17, 15) is 19.5 Å². The molecular formula is C36H44N6O5. The second kappa shape index (κ2) is 13.0. The Balaban J connectivity index is 1.41. The maximum Gasteiger partial charge on any atom is 0.250 e. The monoisotopic (exact) mass is 640 g/mol. The molecule has 1 aromatic heterocycles. The van der Waals surface area contributed by atoms with Gasteiger partial charge in [-0.05, 0) is 43.4 Å². The third-order valence-corrected chi connectivity index (χ3v) is 10.5. The van der Waals surface area contributed by atoms with Crippen LogP contribution >= 0.6 is 0 Å². The second-order valence-electron chi connectivity index (χ2n) is 12.9. The molecule has 1 spiro atoms. The minimum atomic E-state index is -1.23. The van der Waals surface area contributed by atoms with Crippen molar-refractivity contribution < 1.29 is 24.2 Å². The van der Waals surface area contributed by atoms with Gasteiger partial charge in [0, 0.05) is 19.6 Å². The number of carbonyl (C=O) groups excluding carboxylic acids is 3. The normalized spacial score (nSPS) is 26.7. The Morgan fingerprint density at radius 1 is 1.04 bits per heavy atom. The Labute approximate surface area is 275 Å². The molecule has 248 valence electrons. The van der Waals surface area contributed by atoms with Gasteiger partial charge >= 0.3 is 0 Å². The predicted molar refractivity (Wildman–Crippen MR) is 176 cm³/mol. The number of fused-ring (bicyclic) bond motifs is 2. The van der Waals surface area contributed by atoms with E-state index < -0.39 is 35.1 Å². The van der Waals surface area contributed by atoms with E-state index in [4.69, 9.17) is 4.74 Å². The van der Waals surface area contributed by atoms with Gasteiger partial charge in [-0.15, -0.1) is 18.3 Å². The molecule has 6 rings (SSSR count). The van der Waals surface area contributed by atoms with E-state index in [0.717, 1.165) is 11.1 Å². The molecule has 4 heterocycles. The molecule has 2 aromatic carbocycles. The lowest BCUT2D eigenvalue weighted by Gasteiger charge is -2.39. The van der Waals surface area contributed by atoms with Gasteiger partial charge in [0.15, 0.2) is 0 Å². The lowest BCUT2D eigenvalue weighted by atomic mass is 9.64. The van der Waals surface area contributed by atoms with Crippen LogP contribution in [0.2, 0.25) is 0 Å². The molecule has 3 saturated heterocycles. The number of aromatic nitrogens is 3. The van der Waals surface area contributed by atoms with Crippen molar-refractivity contribution in [2.24, 2.45) is 11.8 Å². The average Bonchev–Trinajstić information content (AvgIpc) is 3.82. The topological polar surface area (TPSA) is 121 Å². The van der Waals surface area contributed by atoms with Crippen molar-refractivity contribution in [1.82, 2.24) is 29.7 Å². The number of aliphatic hydroxyl groups excluding tert-OH is 1. The van der Waals surface area contributed by atoms with Crippen molar-refractivity contribution in [1.29, 1.82) is 0 Å². The van der Waals surface area contributed by atoms with Crippen molar-refractivity contribution in [3.05, 3.63) is 85.5 Å². The SMILES string of the molecule is C=CCN(Cn1nnc2ccccc21)C(=O)C1N([C@@H](CC)CO)C(=O)[C@@H]2[C@@H](C(=O)N(CC=C)Cc3ccccc3)[C@@]3(CC)CCC12O3. The molecule has 3 amide bonds. The standard InChI is InChI=1S/C36H44N6O5/c1-5-20-39(22-25-14-10-9-11-15-25)32(44)29-30-33(45)42(26(7-3)23-43)31(36(30)19-18-35(29,8-4)47-36)34(46)40(21-6-2)24-41-28-17-13-12-16-27(28)37-38-41/h5-6,9-17,26,29-31,43H,1-2,7-8,18-24H2,3-4H3/t26-,29-,30-,31?,35+,36?/m0/s1. The first-order valence-corrected chi connectivity index (χ1v) is 16.5. The van der Waals surface area contributed by atoms with E-state index in [2.05, 4.69) is 23.5 Å². The quantitative estimate of drug-likeness (QED) is 0.268. The van der Waals surface area contributed by atoms with Crippen LogP contribution in [-0.4, -0.2) is 95.5 Å². The van der Waals surface area contributed by atoms with E-state index in [0.29, 0.717) is 44.3 Å². The number of aliphatic hydroxyl groups is 1. The van der Waals surface area contributed by atoms with Crippen molar-refractivity contribution in [2.75, 3.05) is 19.7 Å². The zero-order chi connectivity index (χ0) is 33.3. The summed E-state index contributed by atoms with van der Waals surface area (Å²) >= 11 is 0. The molecule has 11 nitrogen and oxygen atoms in total. The van der Waals surface area contributed by atoms with Crippen molar-refractivity contribution in [3.63, 3.8) is 0 Å². The molecule has 3 fully saturated rings. The number of nitrogens with zero attached hydrogens (tertiary/aromatic N) is 6. The number of ether oxygens (including phenoxy) is 1. The van der Waals surface area contributed by atoms with E-state index >= 15 is 0 Å². The van der Waals surface area contributed by atoms with Crippen molar-refractivity contribution >= 4 is 28.8 Å². The molecule has 2 bridgehead atoms. The van der Waals surface area contributed by atoms with E-state index in [1.807, 2.05) is 68.4 Å². The highest BCUT2D eigenvalue weighted by Crippen LogP contribution is 2.65. The minimum absolute atomic E-state index is 0.0754. The van der Waals surface area contributed by atoms with Gasteiger partial charge in [0.1, 0.15) is 23.8 Å². The van der Waals surface area contributed by atoms with Gasteiger partial charge in [0.25, 0.3) is 0 Å². The van der Waals surface area contributed by atoms with Crippen LogP contribution in [0.15, 0.2) is 79.9 Å². The molecule has 0 aliphatic carbocycles. The van der Waals surface area contributed by atoms with Gasteiger partial charge in [-0.2, -0.15) is 0 Å². The zero-order valence-electron chi connectivity index (χ0n) is 27.2. The number of rotatable bonds is 14. The zero-order valence-corrected chi connectivity index (χ0v) is 27.2. The third kappa shape index (κ3) is 5.25. The lowest BCUT2D eigenvalue weighted by Crippen LogP contribution is -2.59. The van der Waals surface area contributed by atoms with Crippen LogP contribution < -0.4 is 0 Å². The molecule has 2 unspecified atom stereocenters.